The number of aryl methyl sites for hydroxylation is 2. The zero-order valence-electron chi connectivity index (χ0n) is 22.0. The number of esters is 1. The molecule has 3 aromatic rings. The van der Waals surface area contributed by atoms with E-state index in [1.165, 1.54) is 23.5 Å². The lowest BCUT2D eigenvalue weighted by Gasteiger charge is -2.29. The van der Waals surface area contributed by atoms with E-state index in [1.807, 2.05) is 31.2 Å². The fourth-order valence-corrected chi connectivity index (χ4v) is 7.28. The maximum absolute atomic E-state index is 14.2. The van der Waals surface area contributed by atoms with Gasteiger partial charge in [-0.3, -0.25) is 24.5 Å². The third-order valence-corrected chi connectivity index (χ3v) is 9.03. The predicted octanol–water partition coefficient (Wildman–Crippen LogP) is 5.07. The number of carbonyl (C=O) groups excluding carboxylic acids is 3. The summed E-state index contributed by atoms with van der Waals surface area (Å²) in [6, 6.07) is 12.7. The molecule has 0 bridgehead atoms. The summed E-state index contributed by atoms with van der Waals surface area (Å²) in [4.78, 5) is 60.4. The van der Waals surface area contributed by atoms with Crippen LogP contribution in [-0.4, -0.2) is 35.4 Å². The van der Waals surface area contributed by atoms with Crippen LogP contribution < -0.4 is 9.96 Å². The summed E-state index contributed by atoms with van der Waals surface area (Å²) >= 11 is 1.30. The van der Waals surface area contributed by atoms with Gasteiger partial charge >= 0.3 is 5.97 Å². The van der Waals surface area contributed by atoms with E-state index >= 15 is 0 Å². The van der Waals surface area contributed by atoms with Gasteiger partial charge in [-0.2, -0.15) is 0 Å². The van der Waals surface area contributed by atoms with Gasteiger partial charge in [0.1, 0.15) is 10.9 Å². The van der Waals surface area contributed by atoms with E-state index < -0.39 is 40.8 Å². The molecule has 0 N–H and O–H groups in total. The molecule has 2 aromatic carbocycles. The molecule has 11 heteroatoms. The van der Waals surface area contributed by atoms with E-state index in [1.54, 1.807) is 24.1 Å². The van der Waals surface area contributed by atoms with Crippen molar-refractivity contribution in [2.45, 2.75) is 51.7 Å². The molecule has 3 atom stereocenters. The van der Waals surface area contributed by atoms with Crippen LogP contribution in [0.4, 0.5) is 16.4 Å². The number of thiophene rings is 1. The number of rotatable bonds is 6. The number of anilines is 2. The Hall–Kier alpha value is -4.09. The number of para-hydroxylation sites is 1. The Morgan fingerprint density at radius 2 is 1.82 bits per heavy atom. The topological polar surface area (TPSA) is 119 Å². The third kappa shape index (κ3) is 4.08. The highest BCUT2D eigenvalue weighted by atomic mass is 32.1. The summed E-state index contributed by atoms with van der Waals surface area (Å²) in [6.07, 6.45) is 2.23. The van der Waals surface area contributed by atoms with Gasteiger partial charge in [0.2, 0.25) is 5.91 Å². The molecule has 0 unspecified atom stereocenters. The summed E-state index contributed by atoms with van der Waals surface area (Å²) < 4.78 is 5.35. The zero-order valence-corrected chi connectivity index (χ0v) is 22.8. The average Bonchev–Trinajstić information content (AvgIpc) is 3.59. The molecule has 40 heavy (non-hydrogen) atoms. The first-order valence-corrected chi connectivity index (χ1v) is 14.1. The van der Waals surface area contributed by atoms with Crippen molar-refractivity contribution >= 4 is 45.5 Å². The van der Waals surface area contributed by atoms with Crippen molar-refractivity contribution in [2.75, 3.05) is 16.6 Å². The number of amides is 2. The molecule has 1 aromatic heterocycles. The highest BCUT2D eigenvalue weighted by Gasteiger charge is 2.61. The minimum absolute atomic E-state index is 0.0830. The fourth-order valence-electron chi connectivity index (χ4n) is 5.89. The number of imide groups is 1. The minimum Gasteiger partial charge on any atom is -0.462 e. The molecule has 2 saturated heterocycles. The molecule has 0 saturated carbocycles. The Morgan fingerprint density at radius 1 is 1.10 bits per heavy atom. The third-order valence-electron chi connectivity index (χ3n) is 7.75. The van der Waals surface area contributed by atoms with Gasteiger partial charge in [-0.15, -0.1) is 11.3 Å². The maximum Gasteiger partial charge on any atom is 0.341 e. The number of fused-ring (bicyclic) bond motifs is 2. The SMILES string of the molecule is CCOC(=O)c1c(N2C(=O)[C@@H]3[C@H](ON(c4ccccc4C)[C@@H]3c3ccc([N+](=O)[O-])cc3)C2=O)sc2c1CCCC2. The van der Waals surface area contributed by atoms with Crippen LogP contribution in [0, 0.1) is 23.0 Å². The zero-order chi connectivity index (χ0) is 28.1. The molecule has 0 spiro atoms. The molecule has 6 rings (SSSR count). The van der Waals surface area contributed by atoms with Gasteiger partial charge in [-0.25, -0.2) is 14.8 Å². The van der Waals surface area contributed by atoms with Crippen molar-refractivity contribution in [3.05, 3.63) is 85.8 Å². The number of hydroxylamine groups is 1. The number of hydrogen-bond acceptors (Lipinski definition) is 9. The van der Waals surface area contributed by atoms with Crippen LogP contribution in [0.2, 0.25) is 0 Å². The Kier molecular flexibility index (Phi) is 6.63. The lowest BCUT2D eigenvalue weighted by atomic mass is 9.90. The smallest absolute Gasteiger partial charge is 0.341 e. The van der Waals surface area contributed by atoms with E-state index in [0.29, 0.717) is 28.2 Å². The number of nitro groups is 1. The summed E-state index contributed by atoms with van der Waals surface area (Å²) in [5, 5.41) is 13.2. The van der Waals surface area contributed by atoms with Crippen molar-refractivity contribution in [3.63, 3.8) is 0 Å². The van der Waals surface area contributed by atoms with E-state index in [0.717, 1.165) is 40.2 Å². The number of hydrogen-bond donors (Lipinski definition) is 0. The first-order chi connectivity index (χ1) is 19.3. The fraction of sp³-hybridized carbons (Fsp3) is 0.345. The van der Waals surface area contributed by atoms with Crippen molar-refractivity contribution in [2.24, 2.45) is 5.92 Å². The van der Waals surface area contributed by atoms with E-state index in [-0.39, 0.29) is 12.3 Å². The average molecular weight is 562 g/mol. The summed E-state index contributed by atoms with van der Waals surface area (Å²) in [7, 11) is 0. The number of benzene rings is 2. The summed E-state index contributed by atoms with van der Waals surface area (Å²) in [6.45, 7) is 3.79. The van der Waals surface area contributed by atoms with Crippen LogP contribution in [0.5, 0.6) is 0 Å². The van der Waals surface area contributed by atoms with Gasteiger partial charge in [0.25, 0.3) is 11.6 Å². The Morgan fingerprint density at radius 3 is 2.52 bits per heavy atom. The molecule has 2 aliphatic heterocycles. The highest BCUT2D eigenvalue weighted by Crippen LogP contribution is 2.51. The summed E-state index contributed by atoms with van der Waals surface area (Å²) in [5.74, 6) is -2.48. The van der Waals surface area contributed by atoms with Crippen LogP contribution in [0.3, 0.4) is 0 Å². The lowest BCUT2D eigenvalue weighted by Crippen LogP contribution is -2.38. The van der Waals surface area contributed by atoms with Crippen molar-refractivity contribution < 1.29 is 28.9 Å². The van der Waals surface area contributed by atoms with Crippen molar-refractivity contribution in [1.29, 1.82) is 0 Å². The first kappa shape index (κ1) is 26.1. The van der Waals surface area contributed by atoms with Crippen molar-refractivity contribution in [3.8, 4) is 0 Å². The van der Waals surface area contributed by atoms with Gasteiger partial charge in [-0.05, 0) is 62.3 Å². The molecule has 3 aliphatic rings. The van der Waals surface area contributed by atoms with Gasteiger partial charge < -0.3 is 4.74 Å². The lowest BCUT2D eigenvalue weighted by molar-refractivity contribution is -0.384. The summed E-state index contributed by atoms with van der Waals surface area (Å²) in [5.41, 5.74) is 3.23. The highest BCUT2D eigenvalue weighted by molar-refractivity contribution is 7.17. The predicted molar refractivity (Wildman–Crippen MR) is 147 cm³/mol. The van der Waals surface area contributed by atoms with Crippen LogP contribution in [0.15, 0.2) is 48.5 Å². The van der Waals surface area contributed by atoms with Crippen LogP contribution in [-0.2, 0) is 32.0 Å². The first-order valence-electron chi connectivity index (χ1n) is 13.3. The molecule has 0 radical (unpaired) electrons. The number of non-ortho nitro benzene ring substituents is 1. The standard InChI is InChI=1S/C29H27N3O7S/c1-3-38-29(35)22-19-9-5-7-11-21(19)40-28(22)30-26(33)23-24(17-12-14-18(15-13-17)32(36)37)31(39-25(23)27(30)34)20-10-6-4-8-16(20)2/h4,6,8,10,12-15,23-25H,3,5,7,9,11H2,1-2H3/t23-,24+,25-/m0/s1. The second kappa shape index (κ2) is 10.1. The number of ether oxygens (including phenoxy) is 1. The molecule has 3 heterocycles. The van der Waals surface area contributed by atoms with Crippen LogP contribution >= 0.6 is 11.3 Å². The molecule has 2 fully saturated rings. The minimum atomic E-state index is -1.12. The van der Waals surface area contributed by atoms with Gasteiger partial charge in [0, 0.05) is 17.0 Å². The van der Waals surface area contributed by atoms with E-state index in [4.69, 9.17) is 9.57 Å². The molecular weight excluding hydrogens is 534 g/mol. The largest absolute Gasteiger partial charge is 0.462 e. The van der Waals surface area contributed by atoms with E-state index in [2.05, 4.69) is 0 Å². The maximum atomic E-state index is 14.2. The number of carbonyl (C=O) groups is 3. The van der Waals surface area contributed by atoms with Gasteiger partial charge in [-0.1, -0.05) is 30.3 Å². The molecular formula is C29H27N3O7S. The quantitative estimate of drug-likeness (QED) is 0.177. The molecule has 206 valence electrons. The Labute approximate surface area is 234 Å². The normalized spacial score (nSPS) is 21.9. The second-order valence-electron chi connectivity index (χ2n) is 10.1. The number of nitro benzene ring substituents is 1. The van der Waals surface area contributed by atoms with Gasteiger partial charge in [0.05, 0.1) is 28.8 Å². The number of nitrogens with zero attached hydrogens (tertiary/aromatic N) is 3. The molecule has 1 aliphatic carbocycles. The van der Waals surface area contributed by atoms with Crippen LogP contribution in [0.1, 0.15) is 57.7 Å². The van der Waals surface area contributed by atoms with E-state index in [9.17, 15) is 24.5 Å². The van der Waals surface area contributed by atoms with Gasteiger partial charge in [0.15, 0.2) is 6.10 Å². The molecule has 2 amide bonds. The monoisotopic (exact) mass is 561 g/mol. The second-order valence-corrected chi connectivity index (χ2v) is 11.2. The molecule has 10 nitrogen and oxygen atoms in total. The van der Waals surface area contributed by atoms with Crippen LogP contribution in [0.25, 0.3) is 0 Å². The van der Waals surface area contributed by atoms with Crippen molar-refractivity contribution in [1.82, 2.24) is 0 Å². The Balaban J connectivity index is 1.45. The Bertz CT molecular complexity index is 1530.